The lowest BCUT2D eigenvalue weighted by Gasteiger charge is -2.10. The molecule has 0 radical (unpaired) electrons. The van der Waals surface area contributed by atoms with Gasteiger partial charge in [-0.2, -0.15) is 0 Å². The molecule has 0 bridgehead atoms. The van der Waals surface area contributed by atoms with Crippen molar-refractivity contribution in [2.45, 2.75) is 6.36 Å². The molecule has 25 heavy (non-hydrogen) atoms. The Hall–Kier alpha value is -3.24. The van der Waals surface area contributed by atoms with Crippen LogP contribution in [0.2, 0.25) is 0 Å². The van der Waals surface area contributed by atoms with Crippen LogP contribution in [-0.4, -0.2) is 23.3 Å². The number of rotatable bonds is 3. The smallest absolute Gasteiger partial charge is 0.406 e. The van der Waals surface area contributed by atoms with Crippen LogP contribution in [0, 0.1) is 11.6 Å². The normalized spacial score (nSPS) is 10.9. The molecule has 1 aromatic carbocycles. The van der Waals surface area contributed by atoms with Gasteiger partial charge in [0.2, 0.25) is 0 Å². The van der Waals surface area contributed by atoms with Crippen LogP contribution in [0.3, 0.4) is 0 Å². The highest BCUT2D eigenvalue weighted by Crippen LogP contribution is 2.23. The van der Waals surface area contributed by atoms with Crippen molar-refractivity contribution in [3.05, 3.63) is 53.9 Å². The number of benzene rings is 1. The van der Waals surface area contributed by atoms with Crippen LogP contribution in [0.4, 0.5) is 32.4 Å². The Labute approximate surface area is 136 Å². The maximum Gasteiger partial charge on any atom is 0.573 e. The largest absolute Gasteiger partial charge is 0.573 e. The lowest BCUT2D eigenvalue weighted by atomic mass is 10.2. The third-order valence-corrected chi connectivity index (χ3v) is 2.65. The molecule has 132 valence electrons. The summed E-state index contributed by atoms with van der Waals surface area (Å²) in [6.07, 6.45) is -3.68. The van der Waals surface area contributed by atoms with Gasteiger partial charge in [-0.3, -0.25) is 15.1 Å². The number of ether oxygens (including phenoxy) is 1. The molecule has 0 aliphatic rings. The van der Waals surface area contributed by atoms with Gasteiger partial charge in [0.05, 0.1) is 12.4 Å². The fourth-order valence-electron chi connectivity index (χ4n) is 1.70. The number of carbonyl (C=O) groups excluding carboxylic acids is 2. The molecule has 0 fully saturated rings. The second kappa shape index (κ2) is 7.11. The number of anilines is 1. The second-order valence-corrected chi connectivity index (χ2v) is 4.46. The van der Waals surface area contributed by atoms with E-state index in [2.05, 4.69) is 15.0 Å². The van der Waals surface area contributed by atoms with Crippen molar-refractivity contribution in [3.63, 3.8) is 0 Å². The summed E-state index contributed by atoms with van der Waals surface area (Å²) < 4.78 is 66.4. The molecule has 0 aliphatic carbocycles. The molecule has 2 N–H and O–H groups in total. The van der Waals surface area contributed by atoms with E-state index < -0.39 is 41.2 Å². The highest BCUT2D eigenvalue weighted by atomic mass is 19.4. The Bertz CT molecular complexity index is 773. The SMILES string of the molecule is O=C(NC(=O)c1c(F)cncc1F)Nc1ccc(OC(F)(F)F)cc1. The Balaban J connectivity index is 1.99. The van der Waals surface area contributed by atoms with E-state index in [4.69, 9.17) is 0 Å². The molecule has 0 atom stereocenters. The van der Waals surface area contributed by atoms with Crippen molar-refractivity contribution in [1.82, 2.24) is 10.3 Å². The summed E-state index contributed by atoms with van der Waals surface area (Å²) in [5.74, 6) is -4.40. The van der Waals surface area contributed by atoms with Crippen molar-refractivity contribution >= 4 is 17.6 Å². The number of aromatic nitrogens is 1. The van der Waals surface area contributed by atoms with Crippen LogP contribution < -0.4 is 15.4 Å². The summed E-state index contributed by atoms with van der Waals surface area (Å²) in [7, 11) is 0. The molecular formula is C14H8F5N3O3. The third kappa shape index (κ3) is 5.12. The van der Waals surface area contributed by atoms with E-state index in [1.54, 1.807) is 5.32 Å². The van der Waals surface area contributed by atoms with Gasteiger partial charge in [0.1, 0.15) is 11.3 Å². The first-order valence-corrected chi connectivity index (χ1v) is 6.43. The first-order valence-electron chi connectivity index (χ1n) is 6.43. The lowest BCUT2D eigenvalue weighted by Crippen LogP contribution is -2.35. The van der Waals surface area contributed by atoms with Crippen LogP contribution >= 0.6 is 0 Å². The van der Waals surface area contributed by atoms with Gasteiger partial charge in [0.15, 0.2) is 11.6 Å². The topological polar surface area (TPSA) is 80.3 Å². The number of alkyl halides is 3. The minimum Gasteiger partial charge on any atom is -0.406 e. The highest BCUT2D eigenvalue weighted by Gasteiger charge is 2.31. The predicted molar refractivity (Wildman–Crippen MR) is 73.8 cm³/mol. The van der Waals surface area contributed by atoms with Crippen molar-refractivity contribution < 1.29 is 36.3 Å². The Morgan fingerprint density at radius 3 is 2.08 bits per heavy atom. The summed E-state index contributed by atoms with van der Waals surface area (Å²) in [5, 5.41) is 3.77. The number of nitrogens with zero attached hydrogens (tertiary/aromatic N) is 1. The second-order valence-electron chi connectivity index (χ2n) is 4.46. The summed E-state index contributed by atoms with van der Waals surface area (Å²) in [5.41, 5.74) is -0.991. The van der Waals surface area contributed by atoms with E-state index in [0.717, 1.165) is 24.3 Å². The molecule has 6 nitrogen and oxygen atoms in total. The highest BCUT2D eigenvalue weighted by molar-refractivity contribution is 6.08. The summed E-state index contributed by atoms with van der Waals surface area (Å²) in [6.45, 7) is 0. The molecule has 0 unspecified atom stereocenters. The van der Waals surface area contributed by atoms with Crippen molar-refractivity contribution in [2.24, 2.45) is 0 Å². The molecule has 2 rings (SSSR count). The van der Waals surface area contributed by atoms with Gasteiger partial charge in [0.25, 0.3) is 5.91 Å². The van der Waals surface area contributed by atoms with Crippen molar-refractivity contribution in [3.8, 4) is 5.75 Å². The van der Waals surface area contributed by atoms with E-state index in [1.807, 2.05) is 0 Å². The van der Waals surface area contributed by atoms with E-state index in [1.165, 1.54) is 0 Å². The van der Waals surface area contributed by atoms with Gasteiger partial charge >= 0.3 is 12.4 Å². The maximum absolute atomic E-state index is 13.4. The van der Waals surface area contributed by atoms with Gasteiger partial charge in [-0.15, -0.1) is 13.2 Å². The molecule has 2 aromatic rings. The Kier molecular flexibility index (Phi) is 5.15. The van der Waals surface area contributed by atoms with Crippen LogP contribution in [0.5, 0.6) is 5.75 Å². The predicted octanol–water partition coefficient (Wildman–Crippen LogP) is 3.22. The Morgan fingerprint density at radius 2 is 1.56 bits per heavy atom. The lowest BCUT2D eigenvalue weighted by molar-refractivity contribution is -0.274. The van der Waals surface area contributed by atoms with E-state index in [9.17, 15) is 31.5 Å². The molecule has 0 spiro atoms. The van der Waals surface area contributed by atoms with Gasteiger partial charge in [0, 0.05) is 5.69 Å². The average molecular weight is 361 g/mol. The van der Waals surface area contributed by atoms with Crippen LogP contribution in [0.1, 0.15) is 10.4 Å². The third-order valence-electron chi connectivity index (χ3n) is 2.65. The first-order chi connectivity index (χ1) is 11.7. The number of halogens is 5. The van der Waals surface area contributed by atoms with E-state index in [0.29, 0.717) is 12.4 Å². The fourth-order valence-corrected chi connectivity index (χ4v) is 1.70. The molecule has 0 aliphatic heterocycles. The van der Waals surface area contributed by atoms with Crippen LogP contribution in [0.15, 0.2) is 36.7 Å². The number of nitrogens with one attached hydrogen (secondary N) is 2. The minimum atomic E-state index is -4.86. The average Bonchev–Trinajstić information content (AvgIpc) is 2.47. The van der Waals surface area contributed by atoms with E-state index >= 15 is 0 Å². The van der Waals surface area contributed by atoms with Crippen molar-refractivity contribution in [2.75, 3.05) is 5.32 Å². The maximum atomic E-state index is 13.4. The van der Waals surface area contributed by atoms with Crippen LogP contribution in [0.25, 0.3) is 0 Å². The van der Waals surface area contributed by atoms with E-state index in [-0.39, 0.29) is 5.69 Å². The summed E-state index contributed by atoms with van der Waals surface area (Å²) in [4.78, 5) is 26.5. The van der Waals surface area contributed by atoms with Gasteiger partial charge in [-0.05, 0) is 24.3 Å². The fraction of sp³-hybridized carbons (Fsp3) is 0.0714. The van der Waals surface area contributed by atoms with Gasteiger partial charge < -0.3 is 10.1 Å². The number of carbonyl (C=O) groups is 2. The molecule has 3 amide bonds. The van der Waals surface area contributed by atoms with Crippen LogP contribution in [-0.2, 0) is 0 Å². The number of hydrogen-bond acceptors (Lipinski definition) is 4. The van der Waals surface area contributed by atoms with Crippen molar-refractivity contribution in [1.29, 1.82) is 0 Å². The molecular weight excluding hydrogens is 353 g/mol. The summed E-state index contributed by atoms with van der Waals surface area (Å²) >= 11 is 0. The molecule has 0 saturated carbocycles. The zero-order valence-corrected chi connectivity index (χ0v) is 12.0. The monoisotopic (exact) mass is 361 g/mol. The number of amides is 3. The molecule has 1 heterocycles. The molecule has 0 saturated heterocycles. The summed E-state index contributed by atoms with van der Waals surface area (Å²) in [6, 6.07) is 2.84. The minimum absolute atomic E-state index is 0.00972. The van der Waals surface area contributed by atoms with Gasteiger partial charge in [-0.25, -0.2) is 13.6 Å². The van der Waals surface area contributed by atoms with Gasteiger partial charge in [-0.1, -0.05) is 0 Å². The number of urea groups is 1. The molecule has 11 heteroatoms. The molecule has 1 aromatic heterocycles. The zero-order valence-electron chi connectivity index (χ0n) is 12.0. The standard InChI is InChI=1S/C14H8F5N3O3/c15-9-5-20-6-10(16)11(9)12(23)22-13(24)21-7-1-3-8(4-2-7)25-14(17,18)19/h1-6H,(H2,21,22,23,24). The quantitative estimate of drug-likeness (QED) is 0.823. The Morgan fingerprint density at radius 1 is 1.00 bits per heavy atom. The number of hydrogen-bond donors (Lipinski definition) is 2. The first kappa shape index (κ1) is 18.1. The zero-order chi connectivity index (χ0) is 18.6. The number of pyridine rings is 1. The number of imide groups is 1.